The fourth-order valence-electron chi connectivity index (χ4n) is 4.71. The highest BCUT2D eigenvalue weighted by atomic mass is 35.5. The molecule has 10 heteroatoms. The number of benzene rings is 3. The molecule has 0 unspecified atom stereocenters. The van der Waals surface area contributed by atoms with Gasteiger partial charge in [-0.3, -0.25) is 4.79 Å². The number of hydrogen-bond donors (Lipinski definition) is 2. The minimum atomic E-state index is -0.552. The summed E-state index contributed by atoms with van der Waals surface area (Å²) in [4.78, 5) is 18.1. The number of amides is 1. The van der Waals surface area contributed by atoms with Gasteiger partial charge in [-0.2, -0.15) is 10.1 Å². The summed E-state index contributed by atoms with van der Waals surface area (Å²) >= 11 is 12.4. The van der Waals surface area contributed by atoms with Gasteiger partial charge in [-0.15, -0.1) is 0 Å². The van der Waals surface area contributed by atoms with Crippen molar-refractivity contribution in [2.24, 2.45) is 0 Å². The number of halogens is 2. The molecule has 5 rings (SSSR count). The smallest absolute Gasteiger partial charge is 0.255 e. The summed E-state index contributed by atoms with van der Waals surface area (Å²) in [5.41, 5.74) is 5.64. The van der Waals surface area contributed by atoms with Crippen LogP contribution in [0.25, 0.3) is 0 Å². The molecule has 4 aromatic rings. The summed E-state index contributed by atoms with van der Waals surface area (Å²) < 4.78 is 13.8. The van der Waals surface area contributed by atoms with Crippen molar-refractivity contribution >= 4 is 40.7 Å². The quantitative estimate of drug-likeness (QED) is 0.232. The Hall–Kier alpha value is -4.01. The number of carbonyl (C=O) groups excluding carboxylic acids is 1. The van der Waals surface area contributed by atoms with Gasteiger partial charge in [0.1, 0.15) is 19.0 Å². The van der Waals surface area contributed by atoms with E-state index in [-0.39, 0.29) is 12.5 Å². The van der Waals surface area contributed by atoms with E-state index in [0.717, 1.165) is 27.9 Å². The van der Waals surface area contributed by atoms with Crippen molar-refractivity contribution < 1.29 is 14.3 Å². The predicted molar refractivity (Wildman–Crippen MR) is 157 cm³/mol. The van der Waals surface area contributed by atoms with Crippen molar-refractivity contribution in [1.29, 1.82) is 0 Å². The van der Waals surface area contributed by atoms with Gasteiger partial charge in [0, 0.05) is 27.0 Å². The second kappa shape index (κ2) is 11.6. The summed E-state index contributed by atoms with van der Waals surface area (Å²) in [6, 6.07) is 16.3. The largest absolute Gasteiger partial charge is 0.490 e. The van der Waals surface area contributed by atoms with E-state index in [9.17, 15) is 4.79 Å². The average Bonchev–Trinajstić information content (AvgIpc) is 3.37. The van der Waals surface area contributed by atoms with Crippen molar-refractivity contribution in [3.63, 3.8) is 0 Å². The molecule has 40 heavy (non-hydrogen) atoms. The van der Waals surface area contributed by atoms with Crippen LogP contribution in [0.2, 0.25) is 10.0 Å². The lowest BCUT2D eigenvalue weighted by molar-refractivity contribution is -0.113. The summed E-state index contributed by atoms with van der Waals surface area (Å²) in [6.45, 7) is 8.42. The third-order valence-corrected chi connectivity index (χ3v) is 7.24. The van der Waals surface area contributed by atoms with Crippen molar-refractivity contribution in [3.8, 4) is 11.5 Å². The Balaban J connectivity index is 1.49. The van der Waals surface area contributed by atoms with Crippen LogP contribution >= 0.6 is 23.2 Å². The summed E-state index contributed by atoms with van der Waals surface area (Å²) in [5.74, 6) is 1.39. The molecule has 0 aliphatic carbocycles. The van der Waals surface area contributed by atoms with E-state index in [4.69, 9.17) is 32.7 Å². The highest BCUT2D eigenvalue weighted by Gasteiger charge is 2.34. The van der Waals surface area contributed by atoms with E-state index < -0.39 is 6.04 Å². The van der Waals surface area contributed by atoms with E-state index in [1.165, 1.54) is 6.33 Å². The molecule has 1 aliphatic rings. The fourth-order valence-corrected chi connectivity index (χ4v) is 5.18. The first-order chi connectivity index (χ1) is 19.2. The zero-order chi connectivity index (χ0) is 28.4. The summed E-state index contributed by atoms with van der Waals surface area (Å²) in [7, 11) is 0. The lowest BCUT2D eigenvalue weighted by Crippen LogP contribution is -2.31. The molecule has 0 radical (unpaired) electrons. The number of hydrogen-bond acceptors (Lipinski definition) is 6. The number of fused-ring (bicyclic) bond motifs is 1. The topological polar surface area (TPSA) is 90.3 Å². The maximum Gasteiger partial charge on any atom is 0.255 e. The summed E-state index contributed by atoms with van der Waals surface area (Å²) in [6.07, 6.45) is 1.46. The van der Waals surface area contributed by atoms with Gasteiger partial charge in [-0.05, 0) is 69.2 Å². The third-order valence-electron chi connectivity index (χ3n) is 6.65. The van der Waals surface area contributed by atoms with Crippen LogP contribution in [0.1, 0.15) is 42.1 Å². The lowest BCUT2D eigenvalue weighted by atomic mass is 9.94. The van der Waals surface area contributed by atoms with Crippen LogP contribution in [0, 0.1) is 13.8 Å². The molecule has 2 N–H and O–H groups in total. The predicted octanol–water partition coefficient (Wildman–Crippen LogP) is 7.11. The number of nitrogens with zero attached hydrogens (tertiary/aromatic N) is 3. The number of carbonyl (C=O) groups is 1. The molecule has 206 valence electrons. The number of aryl methyl sites for hydroxylation is 2. The number of allylic oxidation sites excluding steroid dienone is 1. The first-order valence-electron chi connectivity index (χ1n) is 12.8. The Bertz CT molecular complexity index is 1610. The van der Waals surface area contributed by atoms with Gasteiger partial charge < -0.3 is 20.1 Å². The molecular formula is C30H29Cl2N5O3. The van der Waals surface area contributed by atoms with Crippen LogP contribution in [0.15, 0.2) is 72.2 Å². The molecule has 1 atom stereocenters. The Kier molecular flexibility index (Phi) is 8.00. The van der Waals surface area contributed by atoms with Gasteiger partial charge in [0.2, 0.25) is 5.95 Å². The fraction of sp³-hybridized carbons (Fsp3) is 0.233. The minimum Gasteiger partial charge on any atom is -0.490 e. The van der Waals surface area contributed by atoms with Gasteiger partial charge >= 0.3 is 0 Å². The molecule has 1 amide bonds. The van der Waals surface area contributed by atoms with E-state index in [2.05, 4.69) is 20.7 Å². The first kappa shape index (κ1) is 27.6. The second-order valence-electron chi connectivity index (χ2n) is 9.53. The van der Waals surface area contributed by atoms with Crippen LogP contribution in [0.5, 0.6) is 11.5 Å². The maximum atomic E-state index is 13.8. The van der Waals surface area contributed by atoms with Gasteiger partial charge in [0.05, 0.1) is 12.2 Å². The van der Waals surface area contributed by atoms with Gasteiger partial charge in [-0.1, -0.05) is 53.0 Å². The molecule has 0 bridgehead atoms. The molecule has 0 saturated carbocycles. The van der Waals surface area contributed by atoms with Crippen LogP contribution in [0.4, 0.5) is 11.6 Å². The van der Waals surface area contributed by atoms with Crippen molar-refractivity contribution in [1.82, 2.24) is 14.8 Å². The normalized spacial score (nSPS) is 14.4. The van der Waals surface area contributed by atoms with Gasteiger partial charge in [0.25, 0.3) is 5.91 Å². The Labute approximate surface area is 242 Å². The van der Waals surface area contributed by atoms with Crippen molar-refractivity contribution in [2.75, 3.05) is 17.2 Å². The standard InChI is InChI=1S/C30H29Cl2N5O3/c1-5-39-26-13-20(8-11-25(26)40-15-21-7-9-22(31)14-23(21)32)28-27(19(4)35-30-33-16-34-37(28)30)29(38)36-24-10-6-17(2)12-18(24)3/h6-14,16,28H,5,15H2,1-4H3,(H,36,38)(H,33,34,35)/t28-/m1/s1. The van der Waals surface area contributed by atoms with Gasteiger partial charge in [0.15, 0.2) is 11.5 Å². The Morgan fingerprint density at radius 1 is 1.02 bits per heavy atom. The molecular weight excluding hydrogens is 549 g/mol. The zero-order valence-electron chi connectivity index (χ0n) is 22.6. The minimum absolute atomic E-state index is 0.235. The van der Waals surface area contributed by atoms with Crippen LogP contribution in [0.3, 0.4) is 0 Å². The maximum absolute atomic E-state index is 13.8. The molecule has 8 nitrogen and oxygen atoms in total. The zero-order valence-corrected chi connectivity index (χ0v) is 24.1. The monoisotopic (exact) mass is 577 g/mol. The van der Waals surface area contributed by atoms with Crippen molar-refractivity contribution in [3.05, 3.63) is 104 Å². The summed E-state index contributed by atoms with van der Waals surface area (Å²) in [5, 5.41) is 11.8. The number of aromatic nitrogens is 3. The first-order valence-corrected chi connectivity index (χ1v) is 13.6. The third kappa shape index (κ3) is 5.64. The number of nitrogens with one attached hydrogen (secondary N) is 2. The van der Waals surface area contributed by atoms with Crippen LogP contribution < -0.4 is 20.1 Å². The van der Waals surface area contributed by atoms with E-state index in [0.29, 0.717) is 45.4 Å². The SMILES string of the molecule is CCOc1cc([C@@H]2C(C(=O)Nc3ccc(C)cc3C)=C(C)Nc3ncnn32)ccc1OCc1ccc(Cl)cc1Cl. The Morgan fingerprint density at radius 3 is 2.60 bits per heavy atom. The number of ether oxygens (including phenoxy) is 2. The van der Waals surface area contributed by atoms with Crippen LogP contribution in [-0.4, -0.2) is 27.3 Å². The molecule has 1 aliphatic heterocycles. The second-order valence-corrected chi connectivity index (χ2v) is 10.4. The average molecular weight is 579 g/mol. The van der Waals surface area contributed by atoms with E-state index in [1.54, 1.807) is 16.8 Å². The van der Waals surface area contributed by atoms with E-state index >= 15 is 0 Å². The number of rotatable bonds is 8. The molecule has 1 aromatic heterocycles. The number of anilines is 2. The molecule has 0 fully saturated rings. The van der Waals surface area contributed by atoms with Crippen LogP contribution in [-0.2, 0) is 11.4 Å². The molecule has 0 spiro atoms. The lowest BCUT2D eigenvalue weighted by Gasteiger charge is -2.29. The highest BCUT2D eigenvalue weighted by molar-refractivity contribution is 6.35. The molecule has 0 saturated heterocycles. The Morgan fingerprint density at radius 2 is 1.85 bits per heavy atom. The molecule has 3 aromatic carbocycles. The van der Waals surface area contributed by atoms with Crippen molar-refractivity contribution in [2.45, 2.75) is 40.3 Å². The van der Waals surface area contributed by atoms with Gasteiger partial charge in [-0.25, -0.2) is 4.68 Å². The van der Waals surface area contributed by atoms with E-state index in [1.807, 2.05) is 70.2 Å². The molecule has 2 heterocycles. The highest BCUT2D eigenvalue weighted by Crippen LogP contribution is 2.39.